The molecule has 0 spiro atoms. The molecule has 1 rings (SSSR count). The molecule has 1 atom stereocenters. The summed E-state index contributed by atoms with van der Waals surface area (Å²) in [5.41, 5.74) is 8.07. The Balaban J connectivity index is 2.83. The molecule has 0 fully saturated rings. The second-order valence-corrected chi connectivity index (χ2v) is 4.08. The topological polar surface area (TPSA) is 69.4 Å². The van der Waals surface area contributed by atoms with Crippen LogP contribution in [0.4, 0.5) is 0 Å². The van der Waals surface area contributed by atoms with Crippen LogP contribution in [0.5, 0.6) is 0 Å². The number of aryl methyl sites for hydroxylation is 2. The molecule has 1 aromatic carbocycles. The Morgan fingerprint density at radius 3 is 2.59 bits per heavy atom. The first-order valence-corrected chi connectivity index (χ1v) is 5.39. The van der Waals surface area contributed by atoms with Crippen LogP contribution in [-0.4, -0.2) is 24.9 Å². The fraction of sp³-hybridized carbons (Fsp3) is 0.385. The van der Waals surface area contributed by atoms with E-state index in [1.54, 1.807) is 0 Å². The lowest BCUT2D eigenvalue weighted by Gasteiger charge is -2.10. The van der Waals surface area contributed by atoms with Crippen molar-refractivity contribution < 1.29 is 14.3 Å². The highest BCUT2D eigenvalue weighted by Gasteiger charge is 2.19. The molecule has 1 unspecified atom stereocenters. The number of carbonyl (C=O) groups excluding carboxylic acids is 2. The summed E-state index contributed by atoms with van der Waals surface area (Å²) in [6.07, 6.45) is -0.0308. The van der Waals surface area contributed by atoms with E-state index in [1.807, 2.05) is 32.0 Å². The predicted octanol–water partition coefficient (Wildman–Crippen LogP) is 1.38. The predicted molar refractivity (Wildman–Crippen MR) is 64.9 cm³/mol. The van der Waals surface area contributed by atoms with E-state index >= 15 is 0 Å². The Labute approximate surface area is 101 Å². The van der Waals surface area contributed by atoms with Gasteiger partial charge in [-0.3, -0.25) is 9.59 Å². The second kappa shape index (κ2) is 5.59. The number of Topliss-reactive ketones (excluding diaryl/α,β-unsaturated/α-hetero) is 1. The van der Waals surface area contributed by atoms with Crippen molar-refractivity contribution in [3.8, 4) is 0 Å². The molecule has 4 nitrogen and oxygen atoms in total. The molecule has 0 heterocycles. The Kier molecular flexibility index (Phi) is 4.40. The van der Waals surface area contributed by atoms with Gasteiger partial charge in [0.25, 0.3) is 0 Å². The van der Waals surface area contributed by atoms with Crippen molar-refractivity contribution in [1.82, 2.24) is 0 Å². The first-order valence-electron chi connectivity index (χ1n) is 5.39. The van der Waals surface area contributed by atoms with E-state index in [2.05, 4.69) is 4.74 Å². The van der Waals surface area contributed by atoms with E-state index in [4.69, 9.17) is 5.73 Å². The SMILES string of the molecule is COC(=O)C(N)CC(=O)c1cc(C)ccc1C. The molecule has 0 aromatic heterocycles. The Hall–Kier alpha value is -1.68. The minimum atomic E-state index is -0.896. The summed E-state index contributed by atoms with van der Waals surface area (Å²) in [7, 11) is 1.25. The van der Waals surface area contributed by atoms with E-state index in [1.165, 1.54) is 7.11 Å². The molecule has 0 saturated carbocycles. The molecule has 0 aliphatic rings. The molecule has 0 saturated heterocycles. The number of nitrogens with two attached hydrogens (primary N) is 1. The lowest BCUT2D eigenvalue weighted by Crippen LogP contribution is -2.34. The van der Waals surface area contributed by atoms with Crippen LogP contribution in [0.15, 0.2) is 18.2 Å². The molecule has 0 radical (unpaired) electrons. The standard InChI is InChI=1S/C13H17NO3/c1-8-4-5-9(2)10(6-8)12(15)7-11(14)13(16)17-3/h4-6,11H,7,14H2,1-3H3. The molecule has 4 heteroatoms. The van der Waals surface area contributed by atoms with Crippen molar-refractivity contribution in [2.24, 2.45) is 5.73 Å². The van der Waals surface area contributed by atoms with Crippen LogP contribution in [0.1, 0.15) is 27.9 Å². The van der Waals surface area contributed by atoms with Crippen LogP contribution >= 0.6 is 0 Å². The quantitative estimate of drug-likeness (QED) is 0.632. The van der Waals surface area contributed by atoms with Crippen LogP contribution in [0.3, 0.4) is 0 Å². The Morgan fingerprint density at radius 1 is 1.35 bits per heavy atom. The molecular weight excluding hydrogens is 218 g/mol. The molecule has 0 amide bonds. The van der Waals surface area contributed by atoms with E-state index in [0.717, 1.165) is 11.1 Å². The third-order valence-electron chi connectivity index (χ3n) is 2.60. The summed E-state index contributed by atoms with van der Waals surface area (Å²) in [6.45, 7) is 3.77. The molecule has 17 heavy (non-hydrogen) atoms. The Bertz CT molecular complexity index is 440. The molecule has 0 aliphatic carbocycles. The van der Waals surface area contributed by atoms with E-state index < -0.39 is 12.0 Å². The van der Waals surface area contributed by atoms with Gasteiger partial charge in [0.05, 0.1) is 7.11 Å². The largest absolute Gasteiger partial charge is 0.468 e. The number of carbonyl (C=O) groups is 2. The maximum absolute atomic E-state index is 12.0. The molecular formula is C13H17NO3. The zero-order valence-corrected chi connectivity index (χ0v) is 10.3. The first kappa shape index (κ1) is 13.4. The van der Waals surface area contributed by atoms with Crippen LogP contribution in [-0.2, 0) is 9.53 Å². The van der Waals surface area contributed by atoms with Gasteiger partial charge >= 0.3 is 5.97 Å². The van der Waals surface area contributed by atoms with Gasteiger partial charge in [-0.15, -0.1) is 0 Å². The van der Waals surface area contributed by atoms with Gasteiger partial charge in [0, 0.05) is 12.0 Å². The van der Waals surface area contributed by atoms with Crippen LogP contribution in [0.25, 0.3) is 0 Å². The normalized spacial score (nSPS) is 12.0. The van der Waals surface area contributed by atoms with Crippen LogP contribution < -0.4 is 5.73 Å². The molecule has 2 N–H and O–H groups in total. The average molecular weight is 235 g/mol. The van der Waals surface area contributed by atoms with Crippen molar-refractivity contribution in [3.63, 3.8) is 0 Å². The second-order valence-electron chi connectivity index (χ2n) is 4.08. The summed E-state index contributed by atoms with van der Waals surface area (Å²) in [4.78, 5) is 23.1. The highest BCUT2D eigenvalue weighted by atomic mass is 16.5. The lowest BCUT2D eigenvalue weighted by atomic mass is 9.98. The summed E-state index contributed by atoms with van der Waals surface area (Å²) in [6, 6.07) is 4.73. The van der Waals surface area contributed by atoms with Gasteiger partial charge in [0.1, 0.15) is 6.04 Å². The summed E-state index contributed by atoms with van der Waals surface area (Å²) in [5.74, 6) is -0.701. The van der Waals surface area contributed by atoms with Gasteiger partial charge in [0.15, 0.2) is 5.78 Å². The summed E-state index contributed by atoms with van der Waals surface area (Å²) >= 11 is 0. The summed E-state index contributed by atoms with van der Waals surface area (Å²) in [5, 5.41) is 0. The fourth-order valence-corrected chi connectivity index (χ4v) is 1.58. The van der Waals surface area contributed by atoms with Gasteiger partial charge in [-0.25, -0.2) is 0 Å². The minimum Gasteiger partial charge on any atom is -0.468 e. The van der Waals surface area contributed by atoms with Crippen molar-refractivity contribution in [2.45, 2.75) is 26.3 Å². The van der Waals surface area contributed by atoms with Crippen LogP contribution in [0, 0.1) is 13.8 Å². The number of hydrogen-bond donors (Lipinski definition) is 1. The maximum Gasteiger partial charge on any atom is 0.323 e. The third-order valence-corrected chi connectivity index (χ3v) is 2.60. The summed E-state index contributed by atoms with van der Waals surface area (Å²) < 4.78 is 4.49. The van der Waals surface area contributed by atoms with E-state index in [-0.39, 0.29) is 12.2 Å². The smallest absolute Gasteiger partial charge is 0.323 e. The van der Waals surface area contributed by atoms with Crippen molar-refractivity contribution in [2.75, 3.05) is 7.11 Å². The van der Waals surface area contributed by atoms with Gasteiger partial charge in [-0.1, -0.05) is 17.7 Å². The van der Waals surface area contributed by atoms with E-state index in [0.29, 0.717) is 5.56 Å². The lowest BCUT2D eigenvalue weighted by molar-refractivity contribution is -0.142. The average Bonchev–Trinajstić information content (AvgIpc) is 2.30. The number of ether oxygens (including phenoxy) is 1. The highest BCUT2D eigenvalue weighted by Crippen LogP contribution is 2.13. The molecule has 92 valence electrons. The zero-order valence-electron chi connectivity index (χ0n) is 10.3. The monoisotopic (exact) mass is 235 g/mol. The highest BCUT2D eigenvalue weighted by molar-refractivity contribution is 6.00. The number of benzene rings is 1. The van der Waals surface area contributed by atoms with Crippen LogP contribution in [0.2, 0.25) is 0 Å². The molecule has 0 aliphatic heterocycles. The Morgan fingerprint density at radius 2 is 2.00 bits per heavy atom. The van der Waals surface area contributed by atoms with Gasteiger partial charge in [-0.2, -0.15) is 0 Å². The van der Waals surface area contributed by atoms with Crippen molar-refractivity contribution in [1.29, 1.82) is 0 Å². The third kappa shape index (κ3) is 3.39. The number of methoxy groups -OCH3 is 1. The minimum absolute atomic E-state index is 0.0308. The maximum atomic E-state index is 12.0. The fourth-order valence-electron chi connectivity index (χ4n) is 1.58. The van der Waals surface area contributed by atoms with Gasteiger partial charge in [-0.05, 0) is 25.5 Å². The number of esters is 1. The number of rotatable bonds is 4. The number of ketones is 1. The number of hydrogen-bond acceptors (Lipinski definition) is 4. The zero-order chi connectivity index (χ0) is 13.0. The van der Waals surface area contributed by atoms with Gasteiger partial charge in [0.2, 0.25) is 0 Å². The first-order chi connectivity index (χ1) is 7.95. The molecule has 1 aromatic rings. The van der Waals surface area contributed by atoms with Gasteiger partial charge < -0.3 is 10.5 Å². The van der Waals surface area contributed by atoms with Crippen molar-refractivity contribution in [3.05, 3.63) is 34.9 Å². The molecule has 0 bridgehead atoms. The van der Waals surface area contributed by atoms with E-state index in [9.17, 15) is 9.59 Å². The van der Waals surface area contributed by atoms with Crippen molar-refractivity contribution >= 4 is 11.8 Å².